The molecule has 0 aromatic heterocycles. The van der Waals surface area contributed by atoms with Gasteiger partial charge in [-0.15, -0.1) is 0 Å². The highest BCUT2D eigenvalue weighted by Gasteiger charge is 2.19. The van der Waals surface area contributed by atoms with Crippen molar-refractivity contribution in [2.45, 2.75) is 0 Å². The maximum Gasteiger partial charge on any atom is 0.190 e. The number of Topliss-reactive ketones (excluding diaryl/α,β-unsaturated/α-hetero) is 1. The molecule has 0 saturated carbocycles. The number of benzene rings is 2. The SMILES string of the molecule is CN=CNc1ccc(C(=O)CO)c(Nc2ccc(Br)cc2Cl)c1F. The number of hydrogen-bond acceptors (Lipinski definition) is 4. The summed E-state index contributed by atoms with van der Waals surface area (Å²) >= 11 is 9.42. The summed E-state index contributed by atoms with van der Waals surface area (Å²) in [6.07, 6.45) is 1.32. The van der Waals surface area contributed by atoms with Gasteiger partial charge in [-0.1, -0.05) is 27.5 Å². The van der Waals surface area contributed by atoms with Gasteiger partial charge in [-0.25, -0.2) is 4.39 Å². The van der Waals surface area contributed by atoms with E-state index in [4.69, 9.17) is 16.7 Å². The second-order valence-electron chi connectivity index (χ2n) is 4.71. The normalized spacial score (nSPS) is 10.9. The van der Waals surface area contributed by atoms with Crippen molar-refractivity contribution in [3.05, 3.63) is 51.2 Å². The highest BCUT2D eigenvalue weighted by Crippen LogP contribution is 2.33. The van der Waals surface area contributed by atoms with Crippen LogP contribution < -0.4 is 10.6 Å². The Kier molecular flexibility index (Phi) is 6.30. The molecule has 0 atom stereocenters. The monoisotopic (exact) mass is 413 g/mol. The summed E-state index contributed by atoms with van der Waals surface area (Å²) in [5.41, 5.74) is 0.499. The molecule has 5 nitrogen and oxygen atoms in total. The van der Waals surface area contributed by atoms with Gasteiger partial charge in [-0.05, 0) is 30.3 Å². The molecule has 2 aromatic carbocycles. The fourth-order valence-electron chi connectivity index (χ4n) is 1.99. The summed E-state index contributed by atoms with van der Waals surface area (Å²) in [6.45, 7) is -0.731. The van der Waals surface area contributed by atoms with Crippen molar-refractivity contribution in [2.24, 2.45) is 4.99 Å². The molecule has 0 bridgehead atoms. The lowest BCUT2D eigenvalue weighted by Crippen LogP contribution is -2.11. The number of anilines is 3. The van der Waals surface area contributed by atoms with Crippen LogP contribution in [0, 0.1) is 5.82 Å². The molecule has 3 N–H and O–H groups in total. The van der Waals surface area contributed by atoms with Gasteiger partial charge in [-0.3, -0.25) is 9.79 Å². The Bertz CT molecular complexity index is 799. The first kappa shape index (κ1) is 18.4. The lowest BCUT2D eigenvalue weighted by atomic mass is 10.1. The summed E-state index contributed by atoms with van der Waals surface area (Å²) in [7, 11) is 1.54. The molecule has 2 aromatic rings. The summed E-state index contributed by atoms with van der Waals surface area (Å²) in [5, 5.41) is 14.9. The van der Waals surface area contributed by atoms with Crippen LogP contribution >= 0.6 is 27.5 Å². The molecule has 0 unspecified atom stereocenters. The Labute approximate surface area is 151 Å². The second-order valence-corrected chi connectivity index (χ2v) is 6.03. The molecule has 0 aliphatic rings. The van der Waals surface area contributed by atoms with E-state index in [0.717, 1.165) is 4.47 Å². The van der Waals surface area contributed by atoms with Crippen molar-refractivity contribution >= 4 is 56.7 Å². The molecule has 0 radical (unpaired) electrons. The second kappa shape index (κ2) is 8.23. The van der Waals surface area contributed by atoms with Gasteiger partial charge in [0.05, 0.1) is 28.4 Å². The van der Waals surface area contributed by atoms with E-state index in [1.807, 2.05) is 0 Å². The number of carbonyl (C=O) groups is 1. The standard InChI is InChI=1S/C16H14BrClFN3O2/c1-20-8-21-13-5-3-10(14(24)7-23)16(15(13)19)22-12-4-2-9(17)6-11(12)18/h2-6,8,22-23H,7H2,1H3,(H,20,21). The molecule has 0 heterocycles. The van der Waals surface area contributed by atoms with Gasteiger partial charge in [0.2, 0.25) is 0 Å². The zero-order valence-corrected chi connectivity index (χ0v) is 14.9. The van der Waals surface area contributed by atoms with E-state index in [2.05, 4.69) is 31.6 Å². The molecule has 0 aliphatic carbocycles. The molecule has 24 heavy (non-hydrogen) atoms. The third-order valence-corrected chi connectivity index (χ3v) is 3.93. The molecule has 0 amide bonds. The third kappa shape index (κ3) is 4.11. The van der Waals surface area contributed by atoms with Crippen LogP contribution in [-0.2, 0) is 0 Å². The van der Waals surface area contributed by atoms with Crippen LogP contribution in [0.1, 0.15) is 10.4 Å². The lowest BCUT2D eigenvalue weighted by molar-refractivity contribution is 0.0904. The highest BCUT2D eigenvalue weighted by molar-refractivity contribution is 9.10. The minimum atomic E-state index is -0.731. The number of hydrogen-bond donors (Lipinski definition) is 3. The van der Waals surface area contributed by atoms with E-state index in [1.54, 1.807) is 18.2 Å². The largest absolute Gasteiger partial charge is 0.388 e. The van der Waals surface area contributed by atoms with Crippen LogP contribution in [0.5, 0.6) is 0 Å². The number of nitrogens with one attached hydrogen (secondary N) is 2. The van der Waals surface area contributed by atoms with Gasteiger partial charge in [-0.2, -0.15) is 0 Å². The van der Waals surface area contributed by atoms with Gasteiger partial charge >= 0.3 is 0 Å². The zero-order chi connectivity index (χ0) is 17.7. The van der Waals surface area contributed by atoms with Crippen LogP contribution in [0.15, 0.2) is 39.8 Å². The maximum atomic E-state index is 14.8. The van der Waals surface area contributed by atoms with E-state index in [1.165, 1.54) is 25.5 Å². The molecular weight excluding hydrogens is 401 g/mol. The Morgan fingerprint density at radius 1 is 1.38 bits per heavy atom. The number of rotatable bonds is 6. The number of aliphatic hydroxyl groups is 1. The van der Waals surface area contributed by atoms with Crippen LogP contribution in [0.2, 0.25) is 5.02 Å². The quantitative estimate of drug-likeness (QED) is 0.376. The minimum absolute atomic E-state index is 0.0213. The van der Waals surface area contributed by atoms with Gasteiger partial charge in [0.1, 0.15) is 6.61 Å². The van der Waals surface area contributed by atoms with Gasteiger partial charge in [0, 0.05) is 17.1 Å². The van der Waals surface area contributed by atoms with Crippen LogP contribution in [0.3, 0.4) is 0 Å². The fourth-order valence-corrected chi connectivity index (χ4v) is 2.71. The maximum absolute atomic E-state index is 14.8. The van der Waals surface area contributed by atoms with Crippen molar-refractivity contribution in [1.29, 1.82) is 0 Å². The molecule has 8 heteroatoms. The number of nitrogens with zero attached hydrogens (tertiary/aromatic N) is 1. The first-order valence-electron chi connectivity index (χ1n) is 6.83. The first-order chi connectivity index (χ1) is 11.5. The van der Waals surface area contributed by atoms with Crippen molar-refractivity contribution < 1.29 is 14.3 Å². The molecule has 0 aliphatic heterocycles. The van der Waals surface area contributed by atoms with E-state index >= 15 is 0 Å². The van der Waals surface area contributed by atoms with Crippen LogP contribution in [0.25, 0.3) is 0 Å². The molecule has 0 spiro atoms. The van der Waals surface area contributed by atoms with E-state index < -0.39 is 18.2 Å². The number of aliphatic hydroxyl groups excluding tert-OH is 1. The third-order valence-electron chi connectivity index (χ3n) is 3.13. The lowest BCUT2D eigenvalue weighted by Gasteiger charge is -2.15. The molecule has 2 rings (SSSR count). The summed E-state index contributed by atoms with van der Waals surface area (Å²) in [5.74, 6) is -1.30. The number of aliphatic imine (C=N–C) groups is 1. The summed E-state index contributed by atoms with van der Waals surface area (Å²) in [6, 6.07) is 7.83. The first-order valence-corrected chi connectivity index (χ1v) is 8.00. The molecular formula is C16H14BrClFN3O2. The Balaban J connectivity index is 2.52. The predicted molar refractivity (Wildman–Crippen MR) is 98.3 cm³/mol. The van der Waals surface area contributed by atoms with Gasteiger partial charge in [0.15, 0.2) is 11.6 Å². The van der Waals surface area contributed by atoms with Crippen LogP contribution in [0.4, 0.5) is 21.5 Å². The number of halogens is 3. The average Bonchev–Trinajstić information content (AvgIpc) is 2.57. The summed E-state index contributed by atoms with van der Waals surface area (Å²) in [4.78, 5) is 15.6. The van der Waals surface area contributed by atoms with Crippen molar-refractivity contribution in [1.82, 2.24) is 0 Å². The topological polar surface area (TPSA) is 73.7 Å². The summed E-state index contributed by atoms with van der Waals surface area (Å²) < 4.78 is 15.5. The molecule has 126 valence electrons. The number of ketones is 1. The smallest absolute Gasteiger partial charge is 0.190 e. The van der Waals surface area contributed by atoms with Crippen molar-refractivity contribution in [2.75, 3.05) is 24.3 Å². The van der Waals surface area contributed by atoms with Crippen molar-refractivity contribution in [3.8, 4) is 0 Å². The van der Waals surface area contributed by atoms with E-state index in [9.17, 15) is 9.18 Å². The number of carbonyl (C=O) groups excluding carboxylic acids is 1. The minimum Gasteiger partial charge on any atom is -0.388 e. The van der Waals surface area contributed by atoms with Crippen molar-refractivity contribution in [3.63, 3.8) is 0 Å². The predicted octanol–water partition coefficient (Wildman–Crippen LogP) is 4.23. The van der Waals surface area contributed by atoms with Gasteiger partial charge in [0.25, 0.3) is 0 Å². The highest BCUT2D eigenvalue weighted by atomic mass is 79.9. The Morgan fingerprint density at radius 2 is 2.08 bits per heavy atom. The van der Waals surface area contributed by atoms with Crippen LogP contribution in [-0.4, -0.2) is 30.9 Å². The average molecular weight is 415 g/mol. The Hall–Kier alpha value is -1.96. The van der Waals surface area contributed by atoms with Gasteiger partial charge < -0.3 is 15.7 Å². The Morgan fingerprint density at radius 3 is 2.71 bits per heavy atom. The zero-order valence-electron chi connectivity index (χ0n) is 12.6. The van der Waals surface area contributed by atoms with E-state index in [0.29, 0.717) is 10.7 Å². The van der Waals surface area contributed by atoms with E-state index in [-0.39, 0.29) is 16.9 Å². The fraction of sp³-hybridized carbons (Fsp3) is 0.125. The molecule has 0 fully saturated rings. The molecule has 0 saturated heterocycles.